The summed E-state index contributed by atoms with van der Waals surface area (Å²) < 4.78 is 6.39. The Bertz CT molecular complexity index is 1370. The van der Waals surface area contributed by atoms with Crippen molar-refractivity contribution in [3.05, 3.63) is 72.9 Å². The van der Waals surface area contributed by atoms with Crippen molar-refractivity contribution in [3.63, 3.8) is 0 Å². The average molecular weight is 711 g/mol. The summed E-state index contributed by atoms with van der Waals surface area (Å²) >= 11 is 0. The molecule has 1 unspecified atom stereocenters. The second kappa shape index (κ2) is 17.1. The zero-order valence-corrected chi connectivity index (χ0v) is 35.0. The Balaban J connectivity index is 1.08. The van der Waals surface area contributed by atoms with Gasteiger partial charge in [-0.3, -0.25) is 4.79 Å². The third-order valence-electron chi connectivity index (χ3n) is 16.6. The van der Waals surface area contributed by atoms with Gasteiger partial charge in [-0.1, -0.05) is 121 Å². The summed E-state index contributed by atoms with van der Waals surface area (Å²) in [6.07, 6.45) is 43.0. The molecule has 0 aromatic rings. The summed E-state index contributed by atoms with van der Waals surface area (Å²) in [4.78, 5) is 13.2. The highest BCUT2D eigenvalue weighted by atomic mass is 16.5. The Hall–Kier alpha value is -2.09. The molecule has 0 spiro atoms. The molecule has 0 heterocycles. The molecular formula is C50H78O2. The molecule has 2 heteroatoms. The lowest BCUT2D eigenvalue weighted by Crippen LogP contribution is -2.66. The molecule has 0 bridgehead atoms. The molecule has 0 radical (unpaired) electrons. The number of allylic oxidation sites excluding steroid dienone is 11. The standard InChI is InChI=1S/C50H78O2/c1-10-11-12-13-14-15-16-17-18-19-20-21-22-23-24-25-26-27-44(51)52-43-32-34-48(7)41(46(43,4)5)31-35-50(9)42(48)29-28-40-45-39(38(2)3)30-33-47(45,6)36-37-49(40,50)8/h11-12,14-15,17-18,20-21,23-24,39-43,45H,2,10,13,16,19,22,25-37H2,1,3-9H3/b12-11-,15-14-,18-17-,21-20-,24-23-/t39-,40?,41-,42+,43-,45+,47+,48-,49+,50+/m0/s1. The minimum Gasteiger partial charge on any atom is -0.462 e. The highest BCUT2D eigenvalue weighted by Crippen LogP contribution is 2.77. The smallest absolute Gasteiger partial charge is 0.306 e. The van der Waals surface area contributed by atoms with Crippen LogP contribution in [0.1, 0.15) is 171 Å². The van der Waals surface area contributed by atoms with Crippen LogP contribution in [0.15, 0.2) is 72.9 Å². The maximum atomic E-state index is 13.2. The Morgan fingerprint density at radius 2 is 1.29 bits per heavy atom. The van der Waals surface area contributed by atoms with Gasteiger partial charge < -0.3 is 4.74 Å². The van der Waals surface area contributed by atoms with Gasteiger partial charge in [0.25, 0.3) is 0 Å². The maximum Gasteiger partial charge on any atom is 0.306 e. The second-order valence-corrected chi connectivity index (χ2v) is 19.8. The van der Waals surface area contributed by atoms with E-state index in [1.807, 2.05) is 0 Å². The predicted molar refractivity (Wildman–Crippen MR) is 223 cm³/mol. The molecule has 5 aliphatic carbocycles. The SMILES string of the molecule is C=C(C)[C@@H]1CC[C@]2(C)CC[C@]3(C)C(CC[C@@H]4[C@@]5(C)CC[C@H](OC(=O)CCC/C=C\C/C=C\C/C=C\C/C=C\C/C=C\CC)C(C)(C)[C@@H]5CC[C@]43C)[C@@H]12. The van der Waals surface area contributed by atoms with E-state index in [0.717, 1.165) is 75.0 Å². The number of unbranched alkanes of at least 4 members (excludes halogenated alkanes) is 1. The van der Waals surface area contributed by atoms with Crippen molar-refractivity contribution in [3.8, 4) is 0 Å². The van der Waals surface area contributed by atoms with Crippen LogP contribution in [0, 0.1) is 56.7 Å². The molecule has 0 saturated heterocycles. The highest BCUT2D eigenvalue weighted by molar-refractivity contribution is 5.69. The lowest BCUT2D eigenvalue weighted by molar-refractivity contribution is -0.249. The molecule has 10 atom stereocenters. The van der Waals surface area contributed by atoms with Crippen LogP contribution in [0.4, 0.5) is 0 Å². The first kappa shape index (κ1) is 41.1. The van der Waals surface area contributed by atoms with E-state index in [1.54, 1.807) is 0 Å². The summed E-state index contributed by atoms with van der Waals surface area (Å²) in [6, 6.07) is 0. The van der Waals surface area contributed by atoms with E-state index in [2.05, 4.69) is 123 Å². The molecule has 5 rings (SSSR count). The van der Waals surface area contributed by atoms with Crippen molar-refractivity contribution in [1.82, 2.24) is 0 Å². The normalized spacial score (nSPS) is 40.0. The van der Waals surface area contributed by atoms with E-state index >= 15 is 0 Å². The summed E-state index contributed by atoms with van der Waals surface area (Å²) in [7, 11) is 0. The molecule has 5 aliphatic rings. The van der Waals surface area contributed by atoms with Crippen LogP contribution >= 0.6 is 0 Å². The van der Waals surface area contributed by atoms with Crippen molar-refractivity contribution in [2.45, 2.75) is 177 Å². The second-order valence-electron chi connectivity index (χ2n) is 19.8. The summed E-state index contributed by atoms with van der Waals surface area (Å²) in [5, 5.41) is 0. The molecule has 52 heavy (non-hydrogen) atoms. The van der Waals surface area contributed by atoms with Crippen LogP contribution in [0.3, 0.4) is 0 Å². The van der Waals surface area contributed by atoms with Crippen LogP contribution in [-0.2, 0) is 9.53 Å². The topological polar surface area (TPSA) is 26.3 Å². The van der Waals surface area contributed by atoms with E-state index in [1.165, 1.54) is 63.4 Å². The number of fused-ring (bicyclic) bond motifs is 7. The van der Waals surface area contributed by atoms with Gasteiger partial charge in [0.1, 0.15) is 6.10 Å². The van der Waals surface area contributed by atoms with E-state index < -0.39 is 0 Å². The van der Waals surface area contributed by atoms with Gasteiger partial charge in [-0.15, -0.1) is 0 Å². The molecule has 0 aromatic heterocycles. The Labute approximate surface area is 321 Å². The van der Waals surface area contributed by atoms with E-state index in [0.29, 0.717) is 34.0 Å². The fraction of sp³-hybridized carbons (Fsp3) is 0.740. The maximum absolute atomic E-state index is 13.2. The Morgan fingerprint density at radius 3 is 1.90 bits per heavy atom. The molecule has 0 aromatic carbocycles. The van der Waals surface area contributed by atoms with Crippen LogP contribution < -0.4 is 0 Å². The molecular weight excluding hydrogens is 633 g/mol. The Morgan fingerprint density at radius 1 is 0.673 bits per heavy atom. The van der Waals surface area contributed by atoms with Gasteiger partial charge in [0, 0.05) is 11.8 Å². The first-order chi connectivity index (χ1) is 24.7. The van der Waals surface area contributed by atoms with Crippen LogP contribution in [0.25, 0.3) is 0 Å². The quantitative estimate of drug-likeness (QED) is 0.0961. The molecule has 5 saturated carbocycles. The van der Waals surface area contributed by atoms with E-state index in [4.69, 9.17) is 4.74 Å². The number of hydrogen-bond donors (Lipinski definition) is 0. The zero-order valence-electron chi connectivity index (χ0n) is 35.0. The Kier molecular flexibility index (Phi) is 13.5. The van der Waals surface area contributed by atoms with Gasteiger partial charge in [-0.05, 0) is 167 Å². The molecule has 2 nitrogen and oxygen atoms in total. The summed E-state index contributed by atoms with van der Waals surface area (Å²) in [6.45, 7) is 24.7. The predicted octanol–water partition coefficient (Wildman–Crippen LogP) is 14.5. The molecule has 290 valence electrons. The number of hydrogen-bond acceptors (Lipinski definition) is 2. The lowest BCUT2D eigenvalue weighted by atomic mass is 9.32. The number of ether oxygens (including phenoxy) is 1. The van der Waals surface area contributed by atoms with Gasteiger partial charge in [-0.2, -0.15) is 0 Å². The van der Waals surface area contributed by atoms with E-state index in [9.17, 15) is 4.79 Å². The minimum atomic E-state index is 0.00729. The first-order valence-electron chi connectivity index (χ1n) is 21.8. The highest BCUT2D eigenvalue weighted by Gasteiger charge is 2.70. The van der Waals surface area contributed by atoms with E-state index in [-0.39, 0.29) is 17.5 Å². The number of rotatable bonds is 15. The van der Waals surface area contributed by atoms with Crippen LogP contribution in [-0.4, -0.2) is 12.1 Å². The fourth-order valence-corrected chi connectivity index (χ4v) is 13.6. The zero-order chi connectivity index (χ0) is 37.6. The van der Waals surface area contributed by atoms with Crippen molar-refractivity contribution in [2.75, 3.05) is 0 Å². The van der Waals surface area contributed by atoms with Gasteiger partial charge in [-0.25, -0.2) is 0 Å². The van der Waals surface area contributed by atoms with Gasteiger partial charge in [0.15, 0.2) is 0 Å². The lowest BCUT2D eigenvalue weighted by Gasteiger charge is -2.73. The molecule has 0 N–H and O–H groups in total. The number of carbonyl (C=O) groups excluding carboxylic acids is 1. The fourth-order valence-electron chi connectivity index (χ4n) is 13.6. The minimum absolute atomic E-state index is 0.00729. The third-order valence-corrected chi connectivity index (χ3v) is 16.6. The first-order valence-corrected chi connectivity index (χ1v) is 21.8. The van der Waals surface area contributed by atoms with Crippen LogP contribution in [0.2, 0.25) is 0 Å². The van der Waals surface area contributed by atoms with Gasteiger partial charge >= 0.3 is 5.97 Å². The van der Waals surface area contributed by atoms with Gasteiger partial charge in [0.05, 0.1) is 0 Å². The van der Waals surface area contributed by atoms with Crippen molar-refractivity contribution >= 4 is 5.97 Å². The number of esters is 1. The van der Waals surface area contributed by atoms with Crippen molar-refractivity contribution < 1.29 is 9.53 Å². The molecule has 0 aliphatic heterocycles. The molecule has 0 amide bonds. The summed E-state index contributed by atoms with van der Waals surface area (Å²) in [5.41, 5.74) is 3.07. The van der Waals surface area contributed by atoms with Crippen LogP contribution in [0.5, 0.6) is 0 Å². The summed E-state index contributed by atoms with van der Waals surface area (Å²) in [5.74, 6) is 3.74. The average Bonchev–Trinajstić information content (AvgIpc) is 3.45. The monoisotopic (exact) mass is 711 g/mol. The number of carbonyl (C=O) groups is 1. The third kappa shape index (κ3) is 8.13. The molecule has 5 fully saturated rings. The van der Waals surface area contributed by atoms with Gasteiger partial charge in [0.2, 0.25) is 0 Å². The van der Waals surface area contributed by atoms with Crippen molar-refractivity contribution in [2.24, 2.45) is 56.7 Å². The van der Waals surface area contributed by atoms with Crippen molar-refractivity contribution in [1.29, 1.82) is 0 Å². The largest absolute Gasteiger partial charge is 0.462 e.